The van der Waals surface area contributed by atoms with E-state index in [2.05, 4.69) is 0 Å². The second kappa shape index (κ2) is 7.68. The van der Waals surface area contributed by atoms with Crippen molar-refractivity contribution in [2.45, 2.75) is 11.7 Å². The summed E-state index contributed by atoms with van der Waals surface area (Å²) in [5, 5.41) is 2.19. The number of ketones is 2. The fourth-order valence-electron chi connectivity index (χ4n) is 6.14. The molecule has 2 amide bonds. The van der Waals surface area contributed by atoms with Gasteiger partial charge in [0.25, 0.3) is 0 Å². The number of fused-ring (bicyclic) bond motifs is 4. The molecule has 3 atom stereocenters. The number of Topliss-reactive ketones (excluding diaryl/α,β-unsaturated/α-hetero) is 2. The van der Waals surface area contributed by atoms with Crippen molar-refractivity contribution in [3.63, 3.8) is 0 Å². The monoisotopic (exact) mass is 507 g/mol. The van der Waals surface area contributed by atoms with E-state index in [0.717, 1.165) is 15.7 Å². The maximum absolute atomic E-state index is 14.0. The summed E-state index contributed by atoms with van der Waals surface area (Å²) >= 11 is 6.04. The highest BCUT2D eigenvalue weighted by Gasteiger charge is 2.74. The number of nitrogens with zero attached hydrogens (tertiary/aromatic N) is 1. The molecule has 7 heteroatoms. The van der Waals surface area contributed by atoms with E-state index in [1.54, 1.807) is 48.5 Å². The molecule has 0 aromatic heterocycles. The lowest BCUT2D eigenvalue weighted by molar-refractivity contribution is -0.127. The zero-order valence-corrected chi connectivity index (χ0v) is 20.0. The third-order valence-electron chi connectivity index (χ3n) is 7.73. The van der Waals surface area contributed by atoms with Crippen molar-refractivity contribution >= 4 is 51.4 Å². The standard InChI is InChI=1S/C30H18ClNO5/c31-17-12-14-18(15-13-17)32-28(35)23-24(29(32)36)30(26(33)21-9-3-4-10-22(21)27(30)34)37-25(23)20-11-5-7-16-6-1-2-8-19(16)20/h1-15,23-25H/t23-,24+,25+/m1/s1. The zero-order valence-electron chi connectivity index (χ0n) is 19.3. The van der Waals surface area contributed by atoms with Crippen molar-refractivity contribution in [3.05, 3.63) is 113 Å². The average Bonchev–Trinajstić information content (AvgIpc) is 3.49. The lowest BCUT2D eigenvalue weighted by Gasteiger charge is -2.27. The predicted octanol–water partition coefficient (Wildman–Crippen LogP) is 5.19. The molecule has 1 aliphatic carbocycles. The molecule has 4 aromatic carbocycles. The maximum Gasteiger partial charge on any atom is 0.241 e. The summed E-state index contributed by atoms with van der Waals surface area (Å²) in [6, 6.07) is 26.0. The molecular weight excluding hydrogens is 490 g/mol. The van der Waals surface area contributed by atoms with Gasteiger partial charge >= 0.3 is 0 Å². The van der Waals surface area contributed by atoms with Crippen molar-refractivity contribution in [3.8, 4) is 0 Å². The lowest BCUT2D eigenvalue weighted by Crippen LogP contribution is -2.51. The van der Waals surface area contributed by atoms with E-state index in [1.165, 1.54) is 0 Å². The van der Waals surface area contributed by atoms with Crippen molar-refractivity contribution in [2.75, 3.05) is 4.90 Å². The predicted molar refractivity (Wildman–Crippen MR) is 137 cm³/mol. The first-order valence-corrected chi connectivity index (χ1v) is 12.3. The summed E-state index contributed by atoms with van der Waals surface area (Å²) in [7, 11) is 0. The fourth-order valence-corrected chi connectivity index (χ4v) is 6.27. The number of anilines is 1. The minimum atomic E-state index is -2.11. The van der Waals surface area contributed by atoms with Crippen LogP contribution in [0.15, 0.2) is 91.0 Å². The number of amides is 2. The Morgan fingerprint density at radius 1 is 0.703 bits per heavy atom. The summed E-state index contributed by atoms with van der Waals surface area (Å²) in [6.45, 7) is 0. The van der Waals surface area contributed by atoms with E-state index in [1.807, 2.05) is 42.5 Å². The van der Waals surface area contributed by atoms with Gasteiger partial charge in [-0.1, -0.05) is 78.3 Å². The van der Waals surface area contributed by atoms with Gasteiger partial charge in [0.05, 0.1) is 23.6 Å². The summed E-state index contributed by atoms with van der Waals surface area (Å²) in [5.41, 5.74) is -0.717. The lowest BCUT2D eigenvalue weighted by atomic mass is 9.77. The van der Waals surface area contributed by atoms with Gasteiger partial charge < -0.3 is 4.74 Å². The minimum Gasteiger partial charge on any atom is -0.349 e. The molecule has 2 heterocycles. The van der Waals surface area contributed by atoms with Crippen LogP contribution in [0.1, 0.15) is 32.4 Å². The van der Waals surface area contributed by atoms with E-state index < -0.39 is 46.9 Å². The highest BCUT2D eigenvalue weighted by atomic mass is 35.5. The Bertz CT molecular complexity index is 1640. The average molecular weight is 508 g/mol. The molecule has 0 bridgehead atoms. The smallest absolute Gasteiger partial charge is 0.241 e. The van der Waals surface area contributed by atoms with Crippen molar-refractivity contribution in [1.29, 1.82) is 0 Å². The molecule has 0 saturated carbocycles. The van der Waals surface area contributed by atoms with Crippen molar-refractivity contribution in [1.82, 2.24) is 0 Å². The highest BCUT2D eigenvalue weighted by molar-refractivity contribution is 6.37. The molecular formula is C30H18ClNO5. The Morgan fingerprint density at radius 2 is 1.32 bits per heavy atom. The van der Waals surface area contributed by atoms with Gasteiger partial charge in [0.2, 0.25) is 29.0 Å². The van der Waals surface area contributed by atoms with E-state index in [-0.39, 0.29) is 11.1 Å². The van der Waals surface area contributed by atoms with Gasteiger partial charge in [-0.05, 0) is 40.6 Å². The molecule has 180 valence electrons. The molecule has 7 rings (SSSR count). The molecule has 0 N–H and O–H groups in total. The van der Waals surface area contributed by atoms with E-state index >= 15 is 0 Å². The summed E-state index contributed by atoms with van der Waals surface area (Å²) in [4.78, 5) is 56.9. The Morgan fingerprint density at radius 3 is 2.03 bits per heavy atom. The summed E-state index contributed by atoms with van der Waals surface area (Å²) in [5.74, 6) is -4.66. The number of hydrogen-bond donors (Lipinski definition) is 0. The van der Waals surface area contributed by atoms with Crippen LogP contribution in [0, 0.1) is 11.8 Å². The number of rotatable bonds is 2. The number of imide groups is 1. The second-order valence-corrected chi connectivity index (χ2v) is 9.97. The van der Waals surface area contributed by atoms with Gasteiger partial charge in [-0.3, -0.25) is 19.2 Å². The van der Waals surface area contributed by atoms with Gasteiger partial charge in [-0.25, -0.2) is 4.90 Å². The molecule has 0 unspecified atom stereocenters. The van der Waals surface area contributed by atoms with Crippen molar-refractivity contribution < 1.29 is 23.9 Å². The van der Waals surface area contributed by atoms with Gasteiger partial charge in [-0.15, -0.1) is 0 Å². The van der Waals surface area contributed by atoms with Crippen LogP contribution < -0.4 is 4.90 Å². The summed E-state index contributed by atoms with van der Waals surface area (Å²) < 4.78 is 6.43. The van der Waals surface area contributed by atoms with Crippen LogP contribution in [0.4, 0.5) is 5.69 Å². The molecule has 6 nitrogen and oxygen atoms in total. The molecule has 2 aliphatic heterocycles. The topological polar surface area (TPSA) is 80.8 Å². The largest absolute Gasteiger partial charge is 0.349 e. The minimum absolute atomic E-state index is 0.204. The van der Waals surface area contributed by atoms with Crippen molar-refractivity contribution in [2.24, 2.45) is 11.8 Å². The quantitative estimate of drug-likeness (QED) is 0.275. The Hall–Kier alpha value is -4.13. The van der Waals surface area contributed by atoms with E-state index in [4.69, 9.17) is 16.3 Å². The van der Waals surface area contributed by atoms with Crippen LogP contribution in [-0.2, 0) is 14.3 Å². The van der Waals surface area contributed by atoms with E-state index in [9.17, 15) is 19.2 Å². The summed E-state index contributed by atoms with van der Waals surface area (Å²) in [6.07, 6.45) is -0.980. The third kappa shape index (κ3) is 2.79. The first-order chi connectivity index (χ1) is 17.9. The Kier molecular flexibility index (Phi) is 4.59. The normalized spacial score (nSPS) is 23.8. The fraction of sp³-hybridized carbons (Fsp3) is 0.133. The third-order valence-corrected chi connectivity index (χ3v) is 7.99. The molecule has 0 radical (unpaired) electrons. The van der Waals surface area contributed by atoms with Gasteiger partial charge in [-0.2, -0.15) is 0 Å². The van der Waals surface area contributed by atoms with E-state index in [0.29, 0.717) is 16.3 Å². The molecule has 4 aromatic rings. The number of benzene rings is 4. The molecule has 1 spiro atoms. The van der Waals surface area contributed by atoms with Crippen LogP contribution in [0.2, 0.25) is 5.02 Å². The van der Waals surface area contributed by atoms with Gasteiger partial charge in [0, 0.05) is 16.1 Å². The van der Waals surface area contributed by atoms with Crippen LogP contribution in [0.5, 0.6) is 0 Å². The van der Waals surface area contributed by atoms with Crippen LogP contribution in [0.3, 0.4) is 0 Å². The number of carbonyl (C=O) groups is 4. The van der Waals surface area contributed by atoms with Crippen LogP contribution in [0.25, 0.3) is 10.8 Å². The number of hydrogen-bond acceptors (Lipinski definition) is 5. The second-order valence-electron chi connectivity index (χ2n) is 9.54. The van der Waals surface area contributed by atoms with Crippen LogP contribution >= 0.6 is 11.6 Å². The highest BCUT2D eigenvalue weighted by Crippen LogP contribution is 2.58. The zero-order chi connectivity index (χ0) is 25.5. The first kappa shape index (κ1) is 22.1. The molecule has 2 fully saturated rings. The number of ether oxygens (including phenoxy) is 1. The van der Waals surface area contributed by atoms with Crippen LogP contribution in [-0.4, -0.2) is 29.0 Å². The van der Waals surface area contributed by atoms with Gasteiger partial charge in [0.1, 0.15) is 0 Å². The SMILES string of the molecule is O=C1[C@@H]2[C@@H](C(=O)N1c1ccc(Cl)cc1)C1(O[C@H]2c2cccc3ccccc23)C(=O)c2ccccc2C1=O. The Labute approximate surface area is 216 Å². The molecule has 37 heavy (non-hydrogen) atoms. The number of halogens is 1. The maximum atomic E-state index is 14.0. The first-order valence-electron chi connectivity index (χ1n) is 11.9. The van der Waals surface area contributed by atoms with Gasteiger partial charge in [0.15, 0.2) is 0 Å². The Balaban J connectivity index is 1.46. The molecule has 2 saturated heterocycles. The molecule has 3 aliphatic rings. The number of carbonyl (C=O) groups excluding carboxylic acids is 4.